The number of carbonyl (C=O) groups excluding carboxylic acids is 1. The molecule has 3 rings (SSSR count). The van der Waals surface area contributed by atoms with Gasteiger partial charge < -0.3 is 10.7 Å². The van der Waals surface area contributed by atoms with Gasteiger partial charge in [-0.15, -0.1) is 10.2 Å². The fraction of sp³-hybridized carbons (Fsp3) is 0.333. The zero-order valence-corrected chi connectivity index (χ0v) is 17.3. The van der Waals surface area contributed by atoms with Gasteiger partial charge in [0.15, 0.2) is 0 Å². The Bertz CT molecular complexity index is 976. The normalized spacial score (nSPS) is 11.1. The van der Waals surface area contributed by atoms with E-state index < -0.39 is 0 Å². The summed E-state index contributed by atoms with van der Waals surface area (Å²) in [5.74, 6) is 6.60. The number of fused-ring (bicyclic) bond motifs is 1. The summed E-state index contributed by atoms with van der Waals surface area (Å²) in [5, 5.41) is 9.66. The average Bonchev–Trinajstić information content (AvgIpc) is 3.06. The highest BCUT2D eigenvalue weighted by molar-refractivity contribution is 8.00. The zero-order chi connectivity index (χ0) is 20.1. The van der Waals surface area contributed by atoms with Crippen molar-refractivity contribution in [2.24, 2.45) is 0 Å². The van der Waals surface area contributed by atoms with Gasteiger partial charge in [0, 0.05) is 30.4 Å². The average molecular weight is 421 g/mol. The Labute approximate surface area is 170 Å². The van der Waals surface area contributed by atoms with Gasteiger partial charge in [-0.25, -0.2) is 9.07 Å². The molecule has 0 fully saturated rings. The Morgan fingerprint density at radius 3 is 2.61 bits per heavy atom. The van der Waals surface area contributed by atoms with E-state index in [0.29, 0.717) is 40.1 Å². The minimum Gasteiger partial charge on any atom is -0.343 e. The maximum absolute atomic E-state index is 13.9. The standard InChI is InChI=1S/C18H21FN6OS2/c1-3-24(4-2)15(26)11-28-18-23-22-17(25(18)20)27-10-12-7-8-14(19)13-6-5-9-21-16(12)13/h5-9H,3-4,10-11,20H2,1-2H3. The van der Waals surface area contributed by atoms with E-state index in [0.717, 1.165) is 5.56 Å². The molecule has 0 bridgehead atoms. The Hall–Kier alpha value is -2.33. The second kappa shape index (κ2) is 9.24. The summed E-state index contributed by atoms with van der Waals surface area (Å²) in [6, 6.07) is 6.57. The molecule has 3 aromatic rings. The number of rotatable bonds is 8. The van der Waals surface area contributed by atoms with Gasteiger partial charge in [-0.1, -0.05) is 29.6 Å². The van der Waals surface area contributed by atoms with Gasteiger partial charge in [0.25, 0.3) is 0 Å². The maximum Gasteiger partial charge on any atom is 0.233 e. The van der Waals surface area contributed by atoms with Gasteiger partial charge in [-0.2, -0.15) is 0 Å². The molecule has 0 saturated heterocycles. The second-order valence-corrected chi connectivity index (χ2v) is 7.77. The minimum absolute atomic E-state index is 0.0380. The van der Waals surface area contributed by atoms with Crippen molar-refractivity contribution in [3.63, 3.8) is 0 Å². The lowest BCUT2D eigenvalue weighted by Gasteiger charge is -2.17. The van der Waals surface area contributed by atoms with Crippen molar-refractivity contribution >= 4 is 40.3 Å². The predicted molar refractivity (Wildman–Crippen MR) is 110 cm³/mol. The molecule has 1 amide bonds. The summed E-state index contributed by atoms with van der Waals surface area (Å²) in [6.07, 6.45) is 1.64. The van der Waals surface area contributed by atoms with E-state index in [-0.39, 0.29) is 17.5 Å². The fourth-order valence-corrected chi connectivity index (χ4v) is 4.37. The topological polar surface area (TPSA) is 89.9 Å². The highest BCUT2D eigenvalue weighted by atomic mass is 32.2. The smallest absolute Gasteiger partial charge is 0.233 e. The molecule has 0 aliphatic carbocycles. The van der Waals surface area contributed by atoms with Crippen LogP contribution in [0.2, 0.25) is 0 Å². The number of carbonyl (C=O) groups is 1. The highest BCUT2D eigenvalue weighted by Gasteiger charge is 2.16. The number of nitrogens with zero attached hydrogens (tertiary/aromatic N) is 5. The summed E-state index contributed by atoms with van der Waals surface area (Å²) in [7, 11) is 0. The third kappa shape index (κ3) is 4.39. The van der Waals surface area contributed by atoms with Crippen LogP contribution >= 0.6 is 23.5 Å². The van der Waals surface area contributed by atoms with Crippen LogP contribution in [-0.2, 0) is 10.5 Å². The summed E-state index contributed by atoms with van der Waals surface area (Å²) < 4.78 is 15.3. The highest BCUT2D eigenvalue weighted by Crippen LogP contribution is 2.27. The molecule has 1 aromatic carbocycles. The summed E-state index contributed by atoms with van der Waals surface area (Å²) in [5.41, 5.74) is 1.51. The van der Waals surface area contributed by atoms with E-state index in [1.54, 1.807) is 29.3 Å². The van der Waals surface area contributed by atoms with Crippen molar-refractivity contribution < 1.29 is 9.18 Å². The van der Waals surface area contributed by atoms with Crippen molar-refractivity contribution in [2.45, 2.75) is 29.9 Å². The third-order valence-electron chi connectivity index (χ3n) is 4.23. The molecule has 0 atom stereocenters. The third-order valence-corrected chi connectivity index (χ3v) is 6.15. The summed E-state index contributed by atoms with van der Waals surface area (Å²) >= 11 is 2.64. The molecule has 0 aliphatic heterocycles. The molecule has 28 heavy (non-hydrogen) atoms. The number of aromatic nitrogens is 4. The quantitative estimate of drug-likeness (QED) is 0.443. The molecule has 7 nitrogen and oxygen atoms in total. The van der Waals surface area contributed by atoms with Crippen LogP contribution in [0.3, 0.4) is 0 Å². The Morgan fingerprint density at radius 1 is 1.18 bits per heavy atom. The van der Waals surface area contributed by atoms with Crippen LogP contribution in [0.25, 0.3) is 10.9 Å². The molecule has 0 aliphatic rings. The molecule has 0 saturated carbocycles. The van der Waals surface area contributed by atoms with Crippen LogP contribution in [0.5, 0.6) is 0 Å². The monoisotopic (exact) mass is 420 g/mol. The Kier molecular flexibility index (Phi) is 6.74. The molecular weight excluding hydrogens is 399 g/mol. The van der Waals surface area contributed by atoms with Crippen molar-refractivity contribution in [2.75, 3.05) is 24.7 Å². The molecule has 0 spiro atoms. The van der Waals surface area contributed by atoms with Crippen LogP contribution in [0.1, 0.15) is 19.4 Å². The van der Waals surface area contributed by atoms with Crippen LogP contribution < -0.4 is 5.84 Å². The number of thioether (sulfide) groups is 2. The Balaban J connectivity index is 1.67. The maximum atomic E-state index is 13.9. The van der Waals surface area contributed by atoms with Gasteiger partial charge in [0.1, 0.15) is 5.82 Å². The second-order valence-electron chi connectivity index (χ2n) is 5.88. The molecule has 0 radical (unpaired) electrons. The summed E-state index contributed by atoms with van der Waals surface area (Å²) in [4.78, 5) is 18.2. The number of nitrogen functional groups attached to an aromatic ring is 1. The van der Waals surface area contributed by atoms with Crippen LogP contribution in [0.4, 0.5) is 4.39 Å². The van der Waals surface area contributed by atoms with Gasteiger partial charge in [-0.05, 0) is 37.6 Å². The lowest BCUT2D eigenvalue weighted by atomic mass is 10.1. The van der Waals surface area contributed by atoms with Crippen LogP contribution in [0.15, 0.2) is 40.8 Å². The number of benzene rings is 1. The lowest BCUT2D eigenvalue weighted by molar-refractivity contribution is -0.127. The van der Waals surface area contributed by atoms with Crippen molar-refractivity contribution in [1.82, 2.24) is 24.8 Å². The van der Waals surface area contributed by atoms with Gasteiger partial charge >= 0.3 is 0 Å². The summed E-state index contributed by atoms with van der Waals surface area (Å²) in [6.45, 7) is 5.23. The first kappa shape index (κ1) is 20.4. The van der Waals surface area contributed by atoms with Gasteiger partial charge in [0.05, 0.1) is 11.3 Å². The van der Waals surface area contributed by atoms with E-state index in [2.05, 4.69) is 15.2 Å². The van der Waals surface area contributed by atoms with Crippen molar-refractivity contribution in [1.29, 1.82) is 0 Å². The molecule has 10 heteroatoms. The van der Waals surface area contributed by atoms with Crippen LogP contribution in [-0.4, -0.2) is 49.5 Å². The van der Waals surface area contributed by atoms with Crippen molar-refractivity contribution in [3.05, 3.63) is 41.8 Å². The first-order valence-electron chi connectivity index (χ1n) is 8.81. The molecular formula is C18H21FN6OS2. The fourth-order valence-electron chi connectivity index (χ4n) is 2.71. The lowest BCUT2D eigenvalue weighted by Crippen LogP contribution is -2.32. The van der Waals surface area contributed by atoms with E-state index in [1.807, 2.05) is 13.8 Å². The number of nitrogens with two attached hydrogens (primary N) is 1. The molecule has 0 unspecified atom stereocenters. The molecule has 2 aromatic heterocycles. The number of hydrogen-bond acceptors (Lipinski definition) is 7. The van der Waals surface area contributed by atoms with Gasteiger partial charge in [0.2, 0.25) is 16.2 Å². The first-order valence-corrected chi connectivity index (χ1v) is 10.8. The SMILES string of the molecule is CCN(CC)C(=O)CSc1nnc(SCc2ccc(F)c3cccnc23)n1N. The van der Waals surface area contributed by atoms with E-state index in [1.165, 1.54) is 34.3 Å². The number of halogens is 1. The Morgan fingerprint density at radius 2 is 1.89 bits per heavy atom. The van der Waals surface area contributed by atoms with E-state index in [4.69, 9.17) is 5.84 Å². The minimum atomic E-state index is -0.296. The van der Waals surface area contributed by atoms with E-state index in [9.17, 15) is 9.18 Å². The number of pyridine rings is 1. The van der Waals surface area contributed by atoms with E-state index >= 15 is 0 Å². The van der Waals surface area contributed by atoms with Gasteiger partial charge in [-0.3, -0.25) is 9.78 Å². The van der Waals surface area contributed by atoms with Crippen LogP contribution in [0, 0.1) is 5.82 Å². The number of hydrogen-bond donors (Lipinski definition) is 1. The molecule has 2 N–H and O–H groups in total. The zero-order valence-electron chi connectivity index (χ0n) is 15.6. The number of amides is 1. The largest absolute Gasteiger partial charge is 0.343 e. The molecule has 148 valence electrons. The predicted octanol–water partition coefficient (Wildman–Crippen LogP) is 2.93. The van der Waals surface area contributed by atoms with Crippen molar-refractivity contribution in [3.8, 4) is 0 Å². The molecule has 2 heterocycles. The first-order chi connectivity index (χ1) is 13.5.